The number of fused-ring (bicyclic) bond motifs is 1. The molecule has 5 aromatic rings. The van der Waals surface area contributed by atoms with Crippen molar-refractivity contribution >= 4 is 32.7 Å². The zero-order valence-electron chi connectivity index (χ0n) is 22.5. The van der Waals surface area contributed by atoms with Crippen molar-refractivity contribution in [1.82, 2.24) is 33.2 Å². The van der Waals surface area contributed by atoms with Gasteiger partial charge in [-0.2, -0.15) is 27.0 Å². The van der Waals surface area contributed by atoms with Crippen LogP contribution < -0.4 is 14.4 Å². The Balaban J connectivity index is 1.64. The van der Waals surface area contributed by atoms with Gasteiger partial charge in [-0.25, -0.2) is 9.37 Å². The van der Waals surface area contributed by atoms with Gasteiger partial charge in [0.15, 0.2) is 11.6 Å². The number of ether oxygens (including phenoxy) is 2. The quantitative estimate of drug-likeness (QED) is 0.264. The summed E-state index contributed by atoms with van der Waals surface area (Å²) in [5, 5.41) is 8.46. The Morgan fingerprint density at radius 2 is 1.80 bits per heavy atom. The first kappa shape index (κ1) is 27.0. The van der Waals surface area contributed by atoms with Gasteiger partial charge in [-0.3, -0.25) is 9.67 Å². The summed E-state index contributed by atoms with van der Waals surface area (Å²) in [6.45, 7) is -0.0164. The van der Waals surface area contributed by atoms with Crippen molar-refractivity contribution in [1.29, 1.82) is 0 Å². The molecule has 0 bridgehead atoms. The third-order valence-electron chi connectivity index (χ3n) is 6.22. The van der Waals surface area contributed by atoms with Crippen LogP contribution >= 0.6 is 0 Å². The highest BCUT2D eigenvalue weighted by molar-refractivity contribution is 7.87. The van der Waals surface area contributed by atoms with Crippen molar-refractivity contribution in [2.45, 2.75) is 6.54 Å². The van der Waals surface area contributed by atoms with Gasteiger partial charge in [0.1, 0.15) is 11.6 Å². The topological polar surface area (TPSA) is 121 Å². The molecule has 14 heteroatoms. The Labute approximate surface area is 230 Å². The fraction of sp³-hybridized carbons (Fsp3) is 0.231. The number of halogens is 1. The molecule has 0 unspecified atom stereocenters. The molecule has 0 saturated carbocycles. The van der Waals surface area contributed by atoms with Crippen molar-refractivity contribution < 1.29 is 22.3 Å². The van der Waals surface area contributed by atoms with E-state index < -0.39 is 16.0 Å². The van der Waals surface area contributed by atoms with Crippen molar-refractivity contribution in [3.8, 4) is 22.6 Å². The van der Waals surface area contributed by atoms with E-state index in [-0.39, 0.29) is 18.0 Å². The first-order valence-electron chi connectivity index (χ1n) is 12.0. The molecule has 0 radical (unpaired) electrons. The molecule has 0 atom stereocenters. The summed E-state index contributed by atoms with van der Waals surface area (Å²) in [7, 11) is 3.64. The fourth-order valence-electron chi connectivity index (χ4n) is 4.07. The van der Waals surface area contributed by atoms with Crippen molar-refractivity contribution in [2.24, 2.45) is 7.05 Å². The van der Waals surface area contributed by atoms with Crippen LogP contribution in [0.5, 0.6) is 11.5 Å². The number of methoxy groups -OCH3 is 2. The Kier molecular flexibility index (Phi) is 7.12. The zero-order valence-corrected chi connectivity index (χ0v) is 23.3. The summed E-state index contributed by atoms with van der Waals surface area (Å²) < 4.78 is 55.1. The smallest absolute Gasteiger partial charge is 0.322 e. The maximum Gasteiger partial charge on any atom is 0.322 e. The third-order valence-corrected chi connectivity index (χ3v) is 7.82. The van der Waals surface area contributed by atoms with E-state index in [1.54, 1.807) is 40.2 Å². The van der Waals surface area contributed by atoms with Crippen LogP contribution in [0, 0.1) is 5.82 Å². The zero-order chi connectivity index (χ0) is 28.6. The number of nitrogens with zero attached hydrogens (tertiary/aromatic N) is 8. The first-order chi connectivity index (χ1) is 19.1. The summed E-state index contributed by atoms with van der Waals surface area (Å²) in [6, 6.07) is 9.86. The van der Waals surface area contributed by atoms with E-state index >= 15 is 4.39 Å². The van der Waals surface area contributed by atoms with Crippen LogP contribution in [-0.4, -0.2) is 70.0 Å². The molecule has 208 valence electrons. The summed E-state index contributed by atoms with van der Waals surface area (Å²) in [4.78, 5) is 10.9. The first-order valence-corrected chi connectivity index (χ1v) is 13.4. The lowest BCUT2D eigenvalue weighted by Gasteiger charge is -2.25. The van der Waals surface area contributed by atoms with Crippen LogP contribution in [-0.2, 0) is 23.8 Å². The number of rotatable bonds is 9. The number of hydrogen-bond acceptors (Lipinski definition) is 9. The van der Waals surface area contributed by atoms with Crippen molar-refractivity contribution in [3.05, 3.63) is 72.7 Å². The maximum absolute atomic E-state index is 15.7. The van der Waals surface area contributed by atoms with Gasteiger partial charge in [0.2, 0.25) is 0 Å². The second kappa shape index (κ2) is 10.5. The minimum absolute atomic E-state index is 0.0164. The number of hydrogen-bond donors (Lipinski definition) is 0. The third kappa shape index (κ3) is 5.05. The predicted octanol–water partition coefficient (Wildman–Crippen LogP) is 3.38. The largest absolute Gasteiger partial charge is 0.497 e. The van der Waals surface area contributed by atoms with E-state index in [9.17, 15) is 8.42 Å². The standard InChI is InChI=1S/C26H27FN8O4S/c1-32(2)40(36,37)35-9-8-19(31-35)16-34(23-11-20(38-4)12-24(39-5)26(23)27)25-7-6-21-22(30-25)10-17(13-28-21)18-14-29-33(3)15-18/h6-15H,16H2,1-5H3. The van der Waals surface area contributed by atoms with E-state index in [4.69, 9.17) is 14.5 Å². The monoisotopic (exact) mass is 566 g/mol. The average molecular weight is 567 g/mol. The van der Waals surface area contributed by atoms with E-state index in [0.29, 0.717) is 28.3 Å². The average Bonchev–Trinajstić information content (AvgIpc) is 3.61. The Hall–Kier alpha value is -4.56. The molecule has 0 spiro atoms. The molecule has 12 nitrogen and oxygen atoms in total. The summed E-state index contributed by atoms with van der Waals surface area (Å²) in [5.41, 5.74) is 3.36. The Bertz CT molecular complexity index is 1800. The number of anilines is 2. The van der Waals surface area contributed by atoms with Crippen molar-refractivity contribution in [2.75, 3.05) is 33.2 Å². The van der Waals surface area contributed by atoms with E-state index in [0.717, 1.165) is 19.5 Å². The molecular weight excluding hydrogens is 539 g/mol. The summed E-state index contributed by atoms with van der Waals surface area (Å²) >= 11 is 0. The molecular formula is C26H27FN8O4S. The highest BCUT2D eigenvalue weighted by Crippen LogP contribution is 2.37. The van der Waals surface area contributed by atoms with Crippen LogP contribution in [0.2, 0.25) is 0 Å². The molecule has 0 amide bonds. The van der Waals surface area contributed by atoms with Crippen LogP contribution in [0.15, 0.2) is 61.2 Å². The van der Waals surface area contributed by atoms with Gasteiger partial charge in [0, 0.05) is 63.0 Å². The minimum Gasteiger partial charge on any atom is -0.497 e. The van der Waals surface area contributed by atoms with Crippen LogP contribution in [0.1, 0.15) is 5.69 Å². The van der Waals surface area contributed by atoms with Crippen LogP contribution in [0.25, 0.3) is 22.2 Å². The summed E-state index contributed by atoms with van der Waals surface area (Å²) in [6.07, 6.45) is 6.68. The molecule has 5 rings (SSSR count). The molecule has 0 aliphatic carbocycles. The Morgan fingerprint density at radius 1 is 1.00 bits per heavy atom. The fourth-order valence-corrected chi connectivity index (χ4v) is 4.83. The highest BCUT2D eigenvalue weighted by Gasteiger charge is 2.24. The normalized spacial score (nSPS) is 11.8. The van der Waals surface area contributed by atoms with Gasteiger partial charge in [0.05, 0.1) is 49.4 Å². The van der Waals surface area contributed by atoms with Crippen LogP contribution in [0.4, 0.5) is 15.9 Å². The Morgan fingerprint density at radius 3 is 2.48 bits per heavy atom. The van der Waals surface area contributed by atoms with Gasteiger partial charge in [-0.1, -0.05) is 0 Å². The van der Waals surface area contributed by atoms with Gasteiger partial charge < -0.3 is 14.4 Å². The molecule has 1 aromatic carbocycles. The molecule has 0 aliphatic rings. The molecule has 0 fully saturated rings. The molecule has 4 aromatic heterocycles. The number of aromatic nitrogens is 6. The summed E-state index contributed by atoms with van der Waals surface area (Å²) in [5.74, 6) is 0.0614. The second-order valence-corrected chi connectivity index (χ2v) is 11.1. The number of aryl methyl sites for hydroxylation is 1. The molecule has 4 heterocycles. The van der Waals surface area contributed by atoms with E-state index in [1.165, 1.54) is 46.6 Å². The van der Waals surface area contributed by atoms with Crippen LogP contribution in [0.3, 0.4) is 0 Å². The molecule has 0 N–H and O–H groups in total. The van der Waals surface area contributed by atoms with Gasteiger partial charge >= 0.3 is 10.2 Å². The number of pyridine rings is 2. The molecule has 0 aliphatic heterocycles. The SMILES string of the molecule is COc1cc(OC)c(F)c(N(Cc2ccn(S(=O)(=O)N(C)C)n2)c2ccc3ncc(-c4cnn(C)c4)cc3n2)c1. The van der Waals surface area contributed by atoms with E-state index in [2.05, 4.69) is 15.2 Å². The number of benzene rings is 1. The minimum atomic E-state index is -3.83. The highest BCUT2D eigenvalue weighted by atomic mass is 32.2. The lowest BCUT2D eigenvalue weighted by atomic mass is 10.1. The maximum atomic E-state index is 15.7. The van der Waals surface area contributed by atoms with Gasteiger partial charge in [-0.15, -0.1) is 0 Å². The van der Waals surface area contributed by atoms with Gasteiger partial charge in [0.25, 0.3) is 0 Å². The lowest BCUT2D eigenvalue weighted by molar-refractivity contribution is 0.374. The predicted molar refractivity (Wildman–Crippen MR) is 147 cm³/mol. The lowest BCUT2D eigenvalue weighted by Crippen LogP contribution is -2.29. The van der Waals surface area contributed by atoms with Gasteiger partial charge in [-0.05, 0) is 24.3 Å². The molecule has 0 saturated heterocycles. The molecule has 40 heavy (non-hydrogen) atoms. The van der Waals surface area contributed by atoms with E-state index in [1.807, 2.05) is 19.3 Å². The second-order valence-electron chi connectivity index (χ2n) is 9.05. The van der Waals surface area contributed by atoms with Crippen molar-refractivity contribution in [3.63, 3.8) is 0 Å².